The normalized spacial score (nSPS) is 33.0. The lowest BCUT2D eigenvalue weighted by atomic mass is 9.47. The van der Waals surface area contributed by atoms with Crippen LogP contribution in [0.5, 0.6) is 0 Å². The fourth-order valence-corrected chi connectivity index (χ4v) is 27.0. The lowest BCUT2D eigenvalue weighted by Gasteiger charge is -2.54. The smallest absolute Gasteiger partial charge is 0.0363 e. The summed E-state index contributed by atoms with van der Waals surface area (Å²) in [6.45, 7) is 0. The molecule has 588 valence electrons. The number of hydrogen-bond donors (Lipinski definition) is 0. The average Bonchev–Trinajstić information content (AvgIpc) is 1.44. The molecule has 28 aliphatic carbocycles. The largest absolute Gasteiger partial charge is 0.0721 e. The first-order valence-corrected chi connectivity index (χ1v) is 45.6. The van der Waals surface area contributed by atoms with E-state index in [1.54, 1.807) is 0 Å². The Hall–Kier alpha value is -14.6. The molecule has 0 saturated heterocycles. The Bertz CT molecular complexity index is 5940. The zero-order valence-corrected chi connectivity index (χ0v) is 70.4. The van der Waals surface area contributed by atoms with Crippen molar-refractivity contribution in [2.75, 3.05) is 0 Å². The second-order valence-corrected chi connectivity index (χ2v) is 38.1. The van der Waals surface area contributed by atoms with Crippen LogP contribution in [0.4, 0.5) is 0 Å². The van der Waals surface area contributed by atoms with Gasteiger partial charge in [0.25, 0.3) is 0 Å². The van der Waals surface area contributed by atoms with E-state index in [-0.39, 0.29) is 65.0 Å². The van der Waals surface area contributed by atoms with Gasteiger partial charge >= 0.3 is 0 Å². The fraction of sp³-hybridized carbons (Fsp3) is 0.238. The van der Waals surface area contributed by atoms with Gasteiger partial charge in [-0.2, -0.15) is 0 Å². The molecule has 0 spiro atoms. The summed E-state index contributed by atoms with van der Waals surface area (Å²) in [6.07, 6.45) is 75.0. The molecule has 12 atom stereocenters. The quantitative estimate of drug-likeness (QED) is 0.133. The van der Waals surface area contributed by atoms with Crippen LogP contribution in [0.15, 0.2) is 358 Å². The van der Waals surface area contributed by atoms with Crippen LogP contribution in [0, 0.1) is 207 Å². The Morgan fingerprint density at radius 2 is 0.190 bits per heavy atom. The number of benzene rings is 6. The highest BCUT2D eigenvalue weighted by Crippen LogP contribution is 2.77. The minimum atomic E-state index is -0.140. The van der Waals surface area contributed by atoms with Crippen molar-refractivity contribution in [3.8, 4) is 142 Å². The molecule has 6 aromatic carbocycles. The van der Waals surface area contributed by atoms with Crippen molar-refractivity contribution in [3.05, 3.63) is 425 Å². The van der Waals surface area contributed by atoms with Crippen molar-refractivity contribution < 1.29 is 0 Å². The van der Waals surface area contributed by atoms with Gasteiger partial charge in [-0.15, -0.1) is 0 Å². The summed E-state index contributed by atoms with van der Waals surface area (Å²) in [5.74, 6) is 88.4. The van der Waals surface area contributed by atoms with Gasteiger partial charge in [0.15, 0.2) is 0 Å². The van der Waals surface area contributed by atoms with Gasteiger partial charge in [0.05, 0.1) is 0 Å². The van der Waals surface area contributed by atoms with Crippen LogP contribution < -0.4 is 0 Å². The van der Waals surface area contributed by atoms with Gasteiger partial charge in [0.1, 0.15) is 0 Å². The topological polar surface area (TPSA) is 0 Å². The maximum atomic E-state index is 3.75. The number of rotatable bonds is 0. The summed E-state index contributed by atoms with van der Waals surface area (Å²) in [5.41, 5.74) is 23.6. The molecule has 0 aliphatic heterocycles. The minimum absolute atomic E-state index is 0.140. The highest BCUT2D eigenvalue weighted by molar-refractivity contribution is 5.77. The third kappa shape index (κ3) is 10.1. The van der Waals surface area contributed by atoms with Gasteiger partial charge in [0.2, 0.25) is 0 Å². The molecular formula is C126H84. The van der Waals surface area contributed by atoms with E-state index in [0.29, 0.717) is 0 Å². The zero-order chi connectivity index (χ0) is 83.5. The SMILES string of the molecule is C1#Cc2ccc(cc2)C#CC2=C(C#Cc3ccc(cc3)C#CC3=C(C#Cc4ccc(cc4)C#CC4=C(C#Cc5ccc(cc5)C#CC5=C(C#Cc6ccc(cc6)C#CC6=C(C#Cc7ccc(cc7)C#CC7=C1[C@@]18C=CC=C[C@@]71CCC8)[C@@]17C=CC=C[C@@]61CCC7)[C@@]16C=CC=C[C@@]51CCC6)[C@@]15C=CC=C[C@@]41CCC5)[C@@]14C=CC=C[C@@]31CCC4)[C@@]13C=CC=C[C@@]21CCC3. The number of hydrogen-bond acceptors (Lipinski definition) is 0. The first-order chi connectivity index (χ1) is 62.0. The first kappa shape index (κ1) is 74.0. The van der Waals surface area contributed by atoms with Crippen LogP contribution in [-0.4, -0.2) is 0 Å². The molecule has 34 rings (SSSR count). The Morgan fingerprint density at radius 1 is 0.111 bits per heavy atom. The van der Waals surface area contributed by atoms with Crippen LogP contribution in [-0.2, 0) is 0 Å². The van der Waals surface area contributed by atoms with Crippen LogP contribution in [0.2, 0.25) is 0 Å². The maximum absolute atomic E-state index is 3.75. The fourth-order valence-electron chi connectivity index (χ4n) is 27.0. The molecule has 28 aliphatic rings. The second kappa shape index (κ2) is 27.4. The van der Waals surface area contributed by atoms with Gasteiger partial charge < -0.3 is 0 Å². The van der Waals surface area contributed by atoms with Gasteiger partial charge in [-0.1, -0.05) is 326 Å². The Kier molecular flexibility index (Phi) is 16.1. The number of allylic oxidation sites excluding steroid dienone is 36. The van der Waals surface area contributed by atoms with Crippen molar-refractivity contribution in [1.29, 1.82) is 0 Å². The predicted octanol–water partition coefficient (Wildman–Crippen LogP) is 24.0. The third-order valence-electron chi connectivity index (χ3n) is 33.0. The Balaban J connectivity index is 0.560. The molecule has 6 aromatic rings. The molecule has 0 heteroatoms. The van der Waals surface area contributed by atoms with E-state index in [2.05, 4.69) is 434 Å². The van der Waals surface area contributed by atoms with Gasteiger partial charge in [-0.3, -0.25) is 0 Å². The second-order valence-electron chi connectivity index (χ2n) is 38.1. The summed E-state index contributed by atoms with van der Waals surface area (Å²) in [7, 11) is 0. The first-order valence-electron chi connectivity index (χ1n) is 45.6. The molecule has 0 N–H and O–H groups in total. The molecule has 0 unspecified atom stereocenters. The molecule has 12 bridgehead atoms. The molecule has 0 aromatic heterocycles. The molecule has 6 fully saturated rings. The van der Waals surface area contributed by atoms with E-state index < -0.39 is 0 Å². The van der Waals surface area contributed by atoms with Gasteiger partial charge in [-0.05, 0) is 223 Å². The van der Waals surface area contributed by atoms with Crippen molar-refractivity contribution in [3.63, 3.8) is 0 Å². The maximum Gasteiger partial charge on any atom is 0.0363 e. The summed E-state index contributed by atoms with van der Waals surface area (Å²) < 4.78 is 0. The van der Waals surface area contributed by atoms with E-state index in [9.17, 15) is 0 Å². The molecule has 0 radical (unpaired) electrons. The van der Waals surface area contributed by atoms with E-state index in [1.165, 1.54) is 0 Å². The molecule has 0 heterocycles. The summed E-state index contributed by atoms with van der Waals surface area (Å²) in [5, 5.41) is 0. The molecule has 0 nitrogen and oxygen atoms in total. The monoisotopic (exact) mass is 1600 g/mol. The van der Waals surface area contributed by atoms with Crippen molar-refractivity contribution >= 4 is 0 Å². The highest BCUT2D eigenvalue weighted by Gasteiger charge is 2.70. The molecule has 126 heavy (non-hydrogen) atoms. The van der Waals surface area contributed by atoms with Crippen molar-refractivity contribution in [1.82, 2.24) is 0 Å². The Labute approximate surface area is 742 Å². The van der Waals surface area contributed by atoms with E-state index in [1.807, 2.05) is 0 Å². The standard InChI is InChI=1S/C126H84/c1-2-68-116-80-13-79-115(116,67-1)103-55-43-91-19-21-93(22-20-91)45-57-105-107(119-71-4-3-69-117(105,119)81-14-83-119)59-47-95-27-29-97(30-28-95)49-61-109-111(123-75-8-7-73-121(109,123)85-16-87-123)63-51-99-35-37-101(38-36-99)53-65-113-114(126-78-12-11-77-125(113,126)89-18-90-126)66-54-102-41-39-100(40-42-102)52-64-112-110(122-74-9-10-76-124(112,122)88-17-86-122)62-50-98-33-31-96(32-34-98)48-60-108-106(118-70-5-6-72-120(108,118)84-15-82-118)58-46-94-25-23-92(24-26-94)44-56-104(103)116/h1-12,19-42,67-78H,13-18,79-90H2/t115-,116+,117+,118-,119-,120+,121+,122-,123-,124+,125+,126-. The lowest BCUT2D eigenvalue weighted by molar-refractivity contribution is 0.232. The molecule has 0 amide bonds. The average molecular weight is 1600 g/mol. The lowest BCUT2D eigenvalue weighted by Crippen LogP contribution is -2.48. The predicted molar refractivity (Wildman–Crippen MR) is 505 cm³/mol. The van der Waals surface area contributed by atoms with Gasteiger partial charge in [0, 0.05) is 199 Å². The van der Waals surface area contributed by atoms with E-state index >= 15 is 0 Å². The van der Waals surface area contributed by atoms with Crippen LogP contribution in [0.25, 0.3) is 0 Å². The molecular weight excluding hydrogens is 1510 g/mol. The van der Waals surface area contributed by atoms with E-state index in [4.69, 9.17) is 0 Å². The summed E-state index contributed by atoms with van der Waals surface area (Å²) >= 11 is 0. The Morgan fingerprint density at radius 3 is 0.270 bits per heavy atom. The zero-order valence-electron chi connectivity index (χ0n) is 70.4. The van der Waals surface area contributed by atoms with Crippen LogP contribution in [0.1, 0.15) is 182 Å². The van der Waals surface area contributed by atoms with Crippen molar-refractivity contribution in [2.24, 2.45) is 65.0 Å². The minimum Gasteiger partial charge on any atom is -0.0721 e. The molecule has 6 saturated carbocycles. The third-order valence-corrected chi connectivity index (χ3v) is 33.0. The van der Waals surface area contributed by atoms with Crippen LogP contribution in [0.3, 0.4) is 0 Å². The van der Waals surface area contributed by atoms with Crippen LogP contribution >= 0.6 is 0 Å². The van der Waals surface area contributed by atoms with Crippen molar-refractivity contribution in [2.45, 2.75) is 116 Å². The highest BCUT2D eigenvalue weighted by atomic mass is 14.7. The van der Waals surface area contributed by atoms with E-state index in [0.717, 1.165) is 249 Å². The van der Waals surface area contributed by atoms with Gasteiger partial charge in [-0.25, -0.2) is 0 Å². The summed E-state index contributed by atoms with van der Waals surface area (Å²) in [6, 6.07) is 51.0. The summed E-state index contributed by atoms with van der Waals surface area (Å²) in [4.78, 5) is 0.